The molecule has 0 rings (SSSR count). The molecule has 0 bridgehead atoms. The summed E-state index contributed by atoms with van der Waals surface area (Å²) < 4.78 is 0. The fourth-order valence-corrected chi connectivity index (χ4v) is 0.677. The third-order valence-electron chi connectivity index (χ3n) is 0.736. The van der Waals surface area contributed by atoms with Gasteiger partial charge < -0.3 is 0 Å². The van der Waals surface area contributed by atoms with E-state index in [0.29, 0.717) is 4.90 Å². The van der Waals surface area contributed by atoms with E-state index in [1.54, 1.807) is 0 Å². The molecule has 3 nitrogen and oxygen atoms in total. The lowest BCUT2D eigenvalue weighted by Gasteiger charge is -2.09. The van der Waals surface area contributed by atoms with Crippen LogP contribution in [0.5, 0.6) is 0 Å². The van der Waals surface area contributed by atoms with E-state index in [-0.39, 0.29) is 6.54 Å². The molecule has 0 spiro atoms. The molecule has 0 atom stereocenters. The summed E-state index contributed by atoms with van der Waals surface area (Å²) in [7, 11) is 0. The first-order valence-corrected chi connectivity index (χ1v) is 3.12. The number of hydrogen-bond donors (Lipinski definition) is 0. The highest BCUT2D eigenvalue weighted by molar-refractivity contribution is 6.70. The molecule has 0 aliphatic heterocycles. The number of hydrogen-bond acceptors (Lipinski definition) is 2. The molecule has 0 saturated heterocycles. The van der Waals surface area contributed by atoms with Crippen LogP contribution in [0.4, 0.5) is 9.59 Å². The lowest BCUT2D eigenvalue weighted by Crippen LogP contribution is -2.28. The maximum Gasteiger partial charge on any atom is 0.324 e. The Morgan fingerprint density at radius 3 is 1.90 bits per heavy atom. The van der Waals surface area contributed by atoms with Gasteiger partial charge in [-0.15, -0.1) is 6.58 Å². The van der Waals surface area contributed by atoms with Gasteiger partial charge in [-0.05, 0) is 23.2 Å². The fourth-order valence-electron chi connectivity index (χ4n) is 0.342. The molecule has 5 heteroatoms. The first-order valence-electron chi connectivity index (χ1n) is 2.37. The standard InChI is InChI=1S/C5H5Cl2NO2/c1-2-3-8(4(6)9)5(7)10/h2H,1,3H2. The molecule has 0 fully saturated rings. The first kappa shape index (κ1) is 9.46. The smallest absolute Gasteiger partial charge is 0.255 e. The second kappa shape index (κ2) is 4.30. The summed E-state index contributed by atoms with van der Waals surface area (Å²) in [6.45, 7) is 3.33. The zero-order valence-electron chi connectivity index (χ0n) is 5.01. The molecule has 56 valence electrons. The lowest BCUT2D eigenvalue weighted by atomic mass is 10.6. The number of imide groups is 1. The minimum Gasteiger partial charge on any atom is -0.255 e. The van der Waals surface area contributed by atoms with Crippen LogP contribution in [0.1, 0.15) is 0 Å². The van der Waals surface area contributed by atoms with E-state index in [0.717, 1.165) is 0 Å². The molecule has 0 aromatic carbocycles. The topological polar surface area (TPSA) is 37.4 Å². The van der Waals surface area contributed by atoms with Gasteiger partial charge in [0, 0.05) is 6.54 Å². The van der Waals surface area contributed by atoms with E-state index >= 15 is 0 Å². The Bertz CT molecular complexity index is 155. The van der Waals surface area contributed by atoms with Crippen LogP contribution in [0.15, 0.2) is 12.7 Å². The van der Waals surface area contributed by atoms with Crippen molar-refractivity contribution in [2.75, 3.05) is 6.54 Å². The van der Waals surface area contributed by atoms with Crippen LogP contribution in [-0.4, -0.2) is 22.2 Å². The maximum atomic E-state index is 10.3. The Balaban J connectivity index is 4.11. The van der Waals surface area contributed by atoms with Gasteiger partial charge in [0.05, 0.1) is 0 Å². The molecular formula is C5H5Cl2NO2. The summed E-state index contributed by atoms with van der Waals surface area (Å²) in [6, 6.07) is 0. The maximum absolute atomic E-state index is 10.3. The minimum absolute atomic E-state index is 0.0324. The summed E-state index contributed by atoms with van der Waals surface area (Å²) in [4.78, 5) is 21.3. The number of halogens is 2. The molecule has 0 aromatic heterocycles. The second-order valence-corrected chi connectivity index (χ2v) is 2.05. The van der Waals surface area contributed by atoms with Gasteiger partial charge in [0.15, 0.2) is 0 Å². The molecule has 10 heavy (non-hydrogen) atoms. The second-order valence-electron chi connectivity index (χ2n) is 1.41. The molecule has 0 aliphatic rings. The molecule has 0 aromatic rings. The summed E-state index contributed by atoms with van der Waals surface area (Å²) in [5.74, 6) is 0. The SMILES string of the molecule is C=CCN(C(=O)Cl)C(=O)Cl. The zero-order chi connectivity index (χ0) is 8.15. The van der Waals surface area contributed by atoms with E-state index in [1.165, 1.54) is 6.08 Å². The van der Waals surface area contributed by atoms with Crippen molar-refractivity contribution in [1.29, 1.82) is 0 Å². The average Bonchev–Trinajstić information content (AvgIpc) is 1.81. The van der Waals surface area contributed by atoms with Gasteiger partial charge in [-0.2, -0.15) is 0 Å². The van der Waals surface area contributed by atoms with E-state index in [1.807, 2.05) is 0 Å². The molecule has 0 N–H and O–H groups in total. The number of amides is 2. The Morgan fingerprint density at radius 2 is 1.80 bits per heavy atom. The van der Waals surface area contributed by atoms with Crippen LogP contribution >= 0.6 is 23.2 Å². The Hall–Kier alpha value is -0.540. The quantitative estimate of drug-likeness (QED) is 0.373. The van der Waals surface area contributed by atoms with Crippen molar-refractivity contribution in [2.24, 2.45) is 0 Å². The molecule has 0 radical (unpaired) electrons. The largest absolute Gasteiger partial charge is 0.324 e. The van der Waals surface area contributed by atoms with Gasteiger partial charge in [0.25, 0.3) is 0 Å². The van der Waals surface area contributed by atoms with E-state index in [9.17, 15) is 9.59 Å². The predicted octanol–water partition coefficient (Wildman–Crippen LogP) is 2.19. The van der Waals surface area contributed by atoms with Gasteiger partial charge in [0.1, 0.15) is 0 Å². The number of carbonyl (C=O) groups excluding carboxylic acids is 2. The van der Waals surface area contributed by atoms with Crippen LogP contribution in [0.25, 0.3) is 0 Å². The van der Waals surface area contributed by atoms with Crippen LogP contribution in [0.3, 0.4) is 0 Å². The third-order valence-corrected chi connectivity index (χ3v) is 1.14. The van der Waals surface area contributed by atoms with Gasteiger partial charge in [-0.1, -0.05) is 6.08 Å². The van der Waals surface area contributed by atoms with Crippen LogP contribution in [-0.2, 0) is 0 Å². The normalized spacial score (nSPS) is 8.60. The van der Waals surface area contributed by atoms with E-state index in [2.05, 4.69) is 6.58 Å². The monoisotopic (exact) mass is 181 g/mol. The zero-order valence-corrected chi connectivity index (χ0v) is 6.52. The van der Waals surface area contributed by atoms with Gasteiger partial charge in [-0.25, -0.2) is 0 Å². The minimum atomic E-state index is -0.903. The average molecular weight is 182 g/mol. The van der Waals surface area contributed by atoms with Crippen molar-refractivity contribution in [2.45, 2.75) is 0 Å². The van der Waals surface area contributed by atoms with Crippen molar-refractivity contribution in [3.05, 3.63) is 12.7 Å². The predicted molar refractivity (Wildman–Crippen MR) is 39.4 cm³/mol. The number of rotatable bonds is 2. The van der Waals surface area contributed by atoms with Crippen LogP contribution in [0, 0.1) is 0 Å². The Morgan fingerprint density at radius 1 is 1.40 bits per heavy atom. The summed E-state index contributed by atoms with van der Waals surface area (Å²) in [6.07, 6.45) is 1.35. The van der Waals surface area contributed by atoms with Gasteiger partial charge >= 0.3 is 10.7 Å². The highest BCUT2D eigenvalue weighted by Crippen LogP contribution is 2.01. The molecule has 0 heterocycles. The van der Waals surface area contributed by atoms with Crippen LogP contribution in [0.2, 0.25) is 0 Å². The summed E-state index contributed by atoms with van der Waals surface area (Å²) >= 11 is 9.90. The Kier molecular flexibility index (Phi) is 4.07. The van der Waals surface area contributed by atoms with Crippen molar-refractivity contribution < 1.29 is 9.59 Å². The molecule has 2 amide bonds. The highest BCUT2D eigenvalue weighted by Gasteiger charge is 2.14. The van der Waals surface area contributed by atoms with Crippen molar-refractivity contribution in [3.8, 4) is 0 Å². The molecule has 0 unspecified atom stereocenters. The molecule has 0 aliphatic carbocycles. The van der Waals surface area contributed by atoms with Crippen molar-refractivity contribution in [3.63, 3.8) is 0 Å². The van der Waals surface area contributed by atoms with Gasteiger partial charge in [0.2, 0.25) is 0 Å². The summed E-state index contributed by atoms with van der Waals surface area (Å²) in [5.41, 5.74) is 0. The van der Waals surface area contributed by atoms with Crippen molar-refractivity contribution >= 4 is 33.9 Å². The third kappa shape index (κ3) is 2.85. The van der Waals surface area contributed by atoms with Gasteiger partial charge in [-0.3, -0.25) is 14.5 Å². The molecule has 0 saturated carbocycles. The van der Waals surface area contributed by atoms with E-state index < -0.39 is 10.7 Å². The number of carbonyl (C=O) groups is 2. The fraction of sp³-hybridized carbons (Fsp3) is 0.200. The highest BCUT2D eigenvalue weighted by atomic mass is 35.5. The van der Waals surface area contributed by atoms with Crippen LogP contribution < -0.4 is 0 Å². The lowest BCUT2D eigenvalue weighted by molar-refractivity contribution is 0.218. The van der Waals surface area contributed by atoms with E-state index in [4.69, 9.17) is 23.2 Å². The van der Waals surface area contributed by atoms with Crippen molar-refractivity contribution in [1.82, 2.24) is 4.90 Å². The first-order chi connectivity index (χ1) is 4.59. The number of nitrogens with zero attached hydrogens (tertiary/aromatic N) is 1. The summed E-state index contributed by atoms with van der Waals surface area (Å²) in [5, 5.41) is -1.81. The Labute approximate surface area is 68.2 Å². The molecular weight excluding hydrogens is 177 g/mol.